The van der Waals surface area contributed by atoms with E-state index in [-0.39, 0.29) is 5.91 Å². The van der Waals surface area contributed by atoms with Crippen LogP contribution in [0.15, 0.2) is 54.7 Å². The molecule has 1 heterocycles. The molecule has 3 rings (SSSR count). The summed E-state index contributed by atoms with van der Waals surface area (Å²) in [6, 6.07) is 14.3. The van der Waals surface area contributed by atoms with Crippen molar-refractivity contribution in [3.05, 3.63) is 70.3 Å². The summed E-state index contributed by atoms with van der Waals surface area (Å²) in [6.45, 7) is 2.19. The van der Waals surface area contributed by atoms with Gasteiger partial charge in [0.15, 0.2) is 6.10 Å². The second kappa shape index (κ2) is 7.83. The summed E-state index contributed by atoms with van der Waals surface area (Å²) >= 11 is 12.2. The number of hydrogen-bond acceptors (Lipinski definition) is 3. The Hall–Kier alpha value is -2.14. The van der Waals surface area contributed by atoms with E-state index in [1.807, 2.05) is 31.2 Å². The highest BCUT2D eigenvalue weighted by atomic mass is 35.5. The van der Waals surface area contributed by atoms with E-state index in [1.54, 1.807) is 30.5 Å². The van der Waals surface area contributed by atoms with Gasteiger partial charge >= 0.3 is 0 Å². The van der Waals surface area contributed by atoms with Crippen LogP contribution in [-0.2, 0) is 9.53 Å². The molecule has 0 aliphatic carbocycles. The highest BCUT2D eigenvalue weighted by Crippen LogP contribution is 2.30. The van der Waals surface area contributed by atoms with Crippen LogP contribution in [0.3, 0.4) is 0 Å². The Morgan fingerprint density at radius 3 is 2.76 bits per heavy atom. The lowest BCUT2D eigenvalue weighted by Gasteiger charge is -2.19. The number of para-hydroxylation sites is 1. The van der Waals surface area contributed by atoms with Gasteiger partial charge in [-0.2, -0.15) is 0 Å². The van der Waals surface area contributed by atoms with Crippen molar-refractivity contribution in [3.63, 3.8) is 0 Å². The molecule has 0 radical (unpaired) electrons. The zero-order chi connectivity index (χ0) is 17.8. The number of rotatable bonds is 5. The van der Waals surface area contributed by atoms with Gasteiger partial charge in [0.2, 0.25) is 0 Å². The first-order valence-corrected chi connectivity index (χ1v) is 8.57. The van der Waals surface area contributed by atoms with Crippen molar-refractivity contribution in [2.24, 2.45) is 0 Å². The maximum absolute atomic E-state index is 12.8. The molecule has 1 atom stereocenters. The van der Waals surface area contributed by atoms with Crippen molar-refractivity contribution in [1.82, 2.24) is 4.98 Å². The average Bonchev–Trinajstić information content (AvgIpc) is 2.60. The van der Waals surface area contributed by atoms with Crippen molar-refractivity contribution in [3.8, 4) is 0 Å². The summed E-state index contributed by atoms with van der Waals surface area (Å²) in [7, 11) is 0. The predicted octanol–water partition coefficient (Wildman–Crippen LogP) is 5.26. The molecule has 0 saturated heterocycles. The first kappa shape index (κ1) is 17.7. The largest absolute Gasteiger partial charge is 0.364 e. The van der Waals surface area contributed by atoms with E-state index in [0.29, 0.717) is 27.9 Å². The summed E-state index contributed by atoms with van der Waals surface area (Å²) in [6.07, 6.45) is 0.824. The normalized spacial score (nSPS) is 12.1. The highest BCUT2D eigenvalue weighted by molar-refractivity contribution is 6.35. The molecule has 1 unspecified atom stereocenters. The molecule has 6 heteroatoms. The first-order chi connectivity index (χ1) is 12.1. The van der Waals surface area contributed by atoms with Crippen LogP contribution in [0.2, 0.25) is 10.0 Å². The van der Waals surface area contributed by atoms with Gasteiger partial charge in [-0.3, -0.25) is 9.78 Å². The Morgan fingerprint density at radius 2 is 2.00 bits per heavy atom. The zero-order valence-electron chi connectivity index (χ0n) is 13.5. The molecule has 1 N–H and O–H groups in total. The number of benzene rings is 2. The van der Waals surface area contributed by atoms with Gasteiger partial charge in [-0.15, -0.1) is 0 Å². The second-order valence-electron chi connectivity index (χ2n) is 5.37. The summed E-state index contributed by atoms with van der Waals surface area (Å²) in [5.74, 6) is -0.303. The molecule has 4 nitrogen and oxygen atoms in total. The fourth-order valence-corrected chi connectivity index (χ4v) is 3.10. The topological polar surface area (TPSA) is 51.2 Å². The molecule has 0 saturated carbocycles. The molecular weight excluding hydrogens is 359 g/mol. The number of carbonyl (C=O) groups excluding carboxylic acids is 1. The molecule has 128 valence electrons. The highest BCUT2D eigenvalue weighted by Gasteiger charge is 2.24. The standard InChI is InChI=1S/C19H16Cl2N2O2/c1-2-25-18(13-8-7-12(20)11-15(13)21)19(24)23-17-9-10-22-16-6-4-3-5-14(16)17/h3-11,18H,2H2,1H3,(H,22,23,24). The van der Waals surface area contributed by atoms with Crippen LogP contribution in [0.4, 0.5) is 5.69 Å². The van der Waals surface area contributed by atoms with Crippen molar-refractivity contribution < 1.29 is 9.53 Å². The zero-order valence-corrected chi connectivity index (χ0v) is 15.0. The summed E-state index contributed by atoms with van der Waals surface area (Å²) < 4.78 is 5.64. The Morgan fingerprint density at radius 1 is 1.20 bits per heavy atom. The van der Waals surface area contributed by atoms with Crippen molar-refractivity contribution in [2.45, 2.75) is 13.0 Å². The number of ether oxygens (including phenoxy) is 1. The number of halogens is 2. The predicted molar refractivity (Wildman–Crippen MR) is 101 cm³/mol. The van der Waals surface area contributed by atoms with Crippen LogP contribution >= 0.6 is 23.2 Å². The molecule has 3 aromatic rings. The lowest BCUT2D eigenvalue weighted by atomic mass is 10.1. The van der Waals surface area contributed by atoms with Crippen molar-refractivity contribution in [1.29, 1.82) is 0 Å². The summed E-state index contributed by atoms with van der Waals surface area (Å²) in [4.78, 5) is 17.1. The number of nitrogens with zero attached hydrogens (tertiary/aromatic N) is 1. The number of anilines is 1. The fourth-order valence-electron chi connectivity index (χ4n) is 2.59. The van der Waals surface area contributed by atoms with Gasteiger partial charge in [-0.05, 0) is 31.2 Å². The minimum absolute atomic E-state index is 0.303. The van der Waals surface area contributed by atoms with Crippen LogP contribution in [0.5, 0.6) is 0 Å². The average molecular weight is 375 g/mol. The van der Waals surface area contributed by atoms with Crippen molar-refractivity contribution in [2.75, 3.05) is 11.9 Å². The number of hydrogen-bond donors (Lipinski definition) is 1. The van der Waals surface area contributed by atoms with Gasteiger partial charge < -0.3 is 10.1 Å². The number of fused-ring (bicyclic) bond motifs is 1. The fraction of sp³-hybridized carbons (Fsp3) is 0.158. The molecule has 2 aromatic carbocycles. The number of nitrogens with one attached hydrogen (secondary N) is 1. The van der Waals surface area contributed by atoms with Gasteiger partial charge in [-0.1, -0.05) is 47.5 Å². The maximum atomic E-state index is 12.8. The Bertz CT molecular complexity index is 910. The molecule has 1 aromatic heterocycles. The number of carbonyl (C=O) groups is 1. The third kappa shape index (κ3) is 3.93. The van der Waals surface area contributed by atoms with Crippen LogP contribution < -0.4 is 5.32 Å². The molecule has 0 bridgehead atoms. The molecule has 0 fully saturated rings. The summed E-state index contributed by atoms with van der Waals surface area (Å²) in [5.41, 5.74) is 2.05. The minimum Gasteiger partial charge on any atom is -0.364 e. The third-order valence-electron chi connectivity index (χ3n) is 3.72. The van der Waals surface area contributed by atoms with E-state index in [1.165, 1.54) is 0 Å². The van der Waals surface area contributed by atoms with Gasteiger partial charge in [0, 0.05) is 33.8 Å². The lowest BCUT2D eigenvalue weighted by Crippen LogP contribution is -2.24. The van der Waals surface area contributed by atoms with Crippen molar-refractivity contribution >= 4 is 45.7 Å². The monoisotopic (exact) mass is 374 g/mol. The number of aromatic nitrogens is 1. The molecule has 0 spiro atoms. The van der Waals surface area contributed by atoms with E-state index < -0.39 is 6.10 Å². The molecule has 1 amide bonds. The Kier molecular flexibility index (Phi) is 5.53. The maximum Gasteiger partial charge on any atom is 0.258 e. The van der Waals surface area contributed by atoms with Gasteiger partial charge in [0.1, 0.15) is 0 Å². The molecule has 0 aliphatic heterocycles. The minimum atomic E-state index is -0.832. The summed E-state index contributed by atoms with van der Waals surface area (Å²) in [5, 5.41) is 4.67. The van der Waals surface area contributed by atoms with Gasteiger partial charge in [-0.25, -0.2) is 0 Å². The third-order valence-corrected chi connectivity index (χ3v) is 4.29. The van der Waals surface area contributed by atoms with E-state index in [0.717, 1.165) is 10.9 Å². The SMILES string of the molecule is CCOC(C(=O)Nc1ccnc2ccccc12)c1ccc(Cl)cc1Cl. The first-order valence-electron chi connectivity index (χ1n) is 7.81. The second-order valence-corrected chi connectivity index (χ2v) is 6.21. The Labute approximate surface area is 155 Å². The molecule has 25 heavy (non-hydrogen) atoms. The number of pyridine rings is 1. The quantitative estimate of drug-likeness (QED) is 0.662. The number of amides is 1. The van der Waals surface area contributed by atoms with E-state index in [2.05, 4.69) is 10.3 Å². The van der Waals surface area contributed by atoms with Crippen LogP contribution in [0.25, 0.3) is 10.9 Å². The van der Waals surface area contributed by atoms with Crippen LogP contribution in [-0.4, -0.2) is 17.5 Å². The molecule has 0 aliphatic rings. The van der Waals surface area contributed by atoms with Gasteiger partial charge in [0.25, 0.3) is 5.91 Å². The smallest absolute Gasteiger partial charge is 0.258 e. The van der Waals surface area contributed by atoms with E-state index in [9.17, 15) is 4.79 Å². The lowest BCUT2D eigenvalue weighted by molar-refractivity contribution is -0.127. The van der Waals surface area contributed by atoms with Gasteiger partial charge in [0.05, 0.1) is 11.2 Å². The van der Waals surface area contributed by atoms with Crippen LogP contribution in [0.1, 0.15) is 18.6 Å². The van der Waals surface area contributed by atoms with E-state index >= 15 is 0 Å². The Balaban J connectivity index is 1.93. The van der Waals surface area contributed by atoms with Crippen LogP contribution in [0, 0.1) is 0 Å². The molecular formula is C19H16Cl2N2O2. The van der Waals surface area contributed by atoms with E-state index in [4.69, 9.17) is 27.9 Å².